The zero-order chi connectivity index (χ0) is 12.9. The molecule has 0 aliphatic heterocycles. The average molecular weight is 342 g/mol. The van der Waals surface area contributed by atoms with Crippen LogP contribution in [0.2, 0.25) is 5.02 Å². The summed E-state index contributed by atoms with van der Waals surface area (Å²) in [6, 6.07) is 5.43. The fourth-order valence-corrected chi connectivity index (χ4v) is 2.55. The number of benzene rings is 1. The van der Waals surface area contributed by atoms with Crippen molar-refractivity contribution in [3.8, 4) is 5.75 Å². The summed E-state index contributed by atoms with van der Waals surface area (Å²) in [4.78, 5) is 0. The summed E-state index contributed by atoms with van der Waals surface area (Å²) in [6.07, 6.45) is 0. The molecule has 1 aromatic rings. The first-order valence-corrected chi connectivity index (χ1v) is 8.49. The van der Waals surface area contributed by atoms with Gasteiger partial charge in [-0.05, 0) is 6.07 Å². The van der Waals surface area contributed by atoms with E-state index in [2.05, 4.69) is 15.9 Å². The molecule has 0 radical (unpaired) electrons. The third-order valence-electron chi connectivity index (χ3n) is 2.27. The number of halogens is 2. The van der Waals surface area contributed by atoms with Crippen LogP contribution in [0.15, 0.2) is 18.2 Å². The third-order valence-corrected chi connectivity index (χ3v) is 4.84. The number of hydrogen-bond acceptors (Lipinski definition) is 3. The van der Waals surface area contributed by atoms with Crippen molar-refractivity contribution < 1.29 is 13.2 Å². The summed E-state index contributed by atoms with van der Waals surface area (Å²) in [5, 5.41) is 1.11. The first-order chi connectivity index (χ1) is 8.00. The molecule has 0 bridgehead atoms. The van der Waals surface area contributed by atoms with Gasteiger partial charge in [0.2, 0.25) is 0 Å². The molecular formula is C11H14BrClO3S. The van der Waals surface area contributed by atoms with Crippen LogP contribution in [-0.2, 0) is 15.2 Å². The molecule has 0 spiro atoms. The number of sulfone groups is 1. The summed E-state index contributed by atoms with van der Waals surface area (Å²) >= 11 is 9.33. The van der Waals surface area contributed by atoms with Crippen molar-refractivity contribution in [2.24, 2.45) is 0 Å². The van der Waals surface area contributed by atoms with E-state index in [9.17, 15) is 8.42 Å². The van der Waals surface area contributed by atoms with Gasteiger partial charge < -0.3 is 4.74 Å². The highest BCUT2D eigenvalue weighted by Crippen LogP contribution is 2.30. The Hall–Kier alpha value is -0.260. The van der Waals surface area contributed by atoms with E-state index in [1.807, 2.05) is 12.1 Å². The average Bonchev–Trinajstić information content (AvgIpc) is 2.31. The third kappa shape index (κ3) is 4.48. The van der Waals surface area contributed by atoms with Crippen molar-refractivity contribution in [2.45, 2.75) is 12.3 Å². The van der Waals surface area contributed by atoms with Gasteiger partial charge in [0, 0.05) is 16.6 Å². The second-order valence-corrected chi connectivity index (χ2v) is 6.89. The molecule has 0 atom stereocenters. The van der Waals surface area contributed by atoms with Crippen molar-refractivity contribution in [1.82, 2.24) is 0 Å². The van der Waals surface area contributed by atoms with Gasteiger partial charge in [-0.1, -0.05) is 46.6 Å². The number of alkyl halides is 1. The zero-order valence-corrected chi connectivity index (χ0v) is 12.6. The highest BCUT2D eigenvalue weighted by Gasteiger charge is 2.11. The summed E-state index contributed by atoms with van der Waals surface area (Å²) in [5.41, 5.74) is 0.909. The first kappa shape index (κ1) is 14.8. The molecule has 1 aromatic carbocycles. The molecule has 1 rings (SSSR count). The molecule has 0 amide bonds. The van der Waals surface area contributed by atoms with E-state index in [-0.39, 0.29) is 18.1 Å². The highest BCUT2D eigenvalue weighted by atomic mass is 79.9. The second-order valence-electron chi connectivity index (χ2n) is 3.45. The Labute approximate surface area is 115 Å². The Morgan fingerprint density at radius 1 is 1.41 bits per heavy atom. The largest absolute Gasteiger partial charge is 0.491 e. The number of rotatable bonds is 6. The molecule has 0 fully saturated rings. The summed E-state index contributed by atoms with van der Waals surface area (Å²) in [7, 11) is -3.00. The summed E-state index contributed by atoms with van der Waals surface area (Å²) in [5.74, 6) is 0.693. The van der Waals surface area contributed by atoms with Crippen molar-refractivity contribution in [1.29, 1.82) is 0 Å². The van der Waals surface area contributed by atoms with Gasteiger partial charge in [-0.15, -0.1) is 0 Å². The number of hydrogen-bond donors (Lipinski definition) is 0. The molecule has 0 aliphatic rings. The maximum Gasteiger partial charge on any atom is 0.153 e. The standard InChI is InChI=1S/C11H14BrClO3S/c1-2-17(14,15)7-6-16-11-9(8-12)4-3-5-10(11)13/h3-5H,2,6-8H2,1H3. The lowest BCUT2D eigenvalue weighted by molar-refractivity contribution is 0.338. The Balaban J connectivity index is 2.70. The van der Waals surface area contributed by atoms with Gasteiger partial charge in [-0.25, -0.2) is 8.42 Å². The fraction of sp³-hybridized carbons (Fsp3) is 0.455. The molecule has 0 N–H and O–H groups in total. The zero-order valence-electron chi connectivity index (χ0n) is 9.45. The minimum Gasteiger partial charge on any atom is -0.491 e. The van der Waals surface area contributed by atoms with E-state index in [1.165, 1.54) is 0 Å². The molecule has 0 aromatic heterocycles. The van der Waals surface area contributed by atoms with E-state index in [1.54, 1.807) is 13.0 Å². The highest BCUT2D eigenvalue weighted by molar-refractivity contribution is 9.08. The van der Waals surface area contributed by atoms with Crippen LogP contribution in [0.1, 0.15) is 12.5 Å². The molecular weight excluding hydrogens is 328 g/mol. The van der Waals surface area contributed by atoms with Crippen molar-refractivity contribution in [2.75, 3.05) is 18.1 Å². The van der Waals surface area contributed by atoms with Crippen LogP contribution in [-0.4, -0.2) is 26.5 Å². The van der Waals surface area contributed by atoms with E-state index < -0.39 is 9.84 Å². The van der Waals surface area contributed by atoms with E-state index in [0.29, 0.717) is 16.1 Å². The number of ether oxygens (including phenoxy) is 1. The Morgan fingerprint density at radius 3 is 2.71 bits per heavy atom. The van der Waals surface area contributed by atoms with Gasteiger partial charge in [0.25, 0.3) is 0 Å². The van der Waals surface area contributed by atoms with Crippen LogP contribution in [0.5, 0.6) is 5.75 Å². The minimum absolute atomic E-state index is 0.0104. The molecule has 96 valence electrons. The van der Waals surface area contributed by atoms with Crippen LogP contribution in [0.3, 0.4) is 0 Å². The van der Waals surface area contributed by atoms with Gasteiger partial charge in [-0.3, -0.25) is 0 Å². The second kappa shape index (κ2) is 6.61. The van der Waals surface area contributed by atoms with Crippen LogP contribution < -0.4 is 4.74 Å². The van der Waals surface area contributed by atoms with Crippen LogP contribution >= 0.6 is 27.5 Å². The minimum atomic E-state index is -3.00. The van der Waals surface area contributed by atoms with Gasteiger partial charge in [0.15, 0.2) is 9.84 Å². The molecule has 0 aliphatic carbocycles. The molecule has 17 heavy (non-hydrogen) atoms. The predicted molar refractivity (Wildman–Crippen MR) is 73.9 cm³/mol. The SMILES string of the molecule is CCS(=O)(=O)CCOc1c(Cl)cccc1CBr. The van der Waals surface area contributed by atoms with Crippen molar-refractivity contribution >= 4 is 37.4 Å². The van der Waals surface area contributed by atoms with Crippen molar-refractivity contribution in [3.05, 3.63) is 28.8 Å². The topological polar surface area (TPSA) is 43.4 Å². The lowest BCUT2D eigenvalue weighted by Gasteiger charge is -2.11. The lowest BCUT2D eigenvalue weighted by Crippen LogP contribution is -2.16. The van der Waals surface area contributed by atoms with E-state index >= 15 is 0 Å². The van der Waals surface area contributed by atoms with Crippen LogP contribution in [0, 0.1) is 0 Å². The Kier molecular flexibility index (Phi) is 5.76. The van der Waals surface area contributed by atoms with Crippen LogP contribution in [0.25, 0.3) is 0 Å². The number of para-hydroxylation sites is 1. The van der Waals surface area contributed by atoms with Crippen LogP contribution in [0.4, 0.5) is 0 Å². The van der Waals surface area contributed by atoms with E-state index in [4.69, 9.17) is 16.3 Å². The predicted octanol–water partition coefficient (Wildman–Crippen LogP) is 3.05. The van der Waals surface area contributed by atoms with Gasteiger partial charge >= 0.3 is 0 Å². The monoisotopic (exact) mass is 340 g/mol. The molecule has 0 heterocycles. The first-order valence-electron chi connectivity index (χ1n) is 5.16. The molecule has 3 nitrogen and oxygen atoms in total. The molecule has 0 saturated heterocycles. The summed E-state index contributed by atoms with van der Waals surface area (Å²) in [6.45, 7) is 1.74. The fourth-order valence-electron chi connectivity index (χ4n) is 1.24. The Morgan fingerprint density at radius 2 is 2.12 bits per heavy atom. The van der Waals surface area contributed by atoms with E-state index in [0.717, 1.165) is 5.56 Å². The normalized spacial score (nSPS) is 11.5. The smallest absolute Gasteiger partial charge is 0.153 e. The molecule has 0 unspecified atom stereocenters. The van der Waals surface area contributed by atoms with Gasteiger partial charge in [0.1, 0.15) is 12.4 Å². The maximum atomic E-state index is 11.3. The van der Waals surface area contributed by atoms with Crippen molar-refractivity contribution in [3.63, 3.8) is 0 Å². The quantitative estimate of drug-likeness (QED) is 0.747. The Bertz CT molecular complexity index is 474. The maximum absolute atomic E-state index is 11.3. The van der Waals surface area contributed by atoms with Gasteiger partial charge in [0.05, 0.1) is 10.8 Å². The summed E-state index contributed by atoms with van der Waals surface area (Å²) < 4.78 is 28.1. The molecule has 0 saturated carbocycles. The molecule has 6 heteroatoms. The van der Waals surface area contributed by atoms with Gasteiger partial charge in [-0.2, -0.15) is 0 Å². The lowest BCUT2D eigenvalue weighted by atomic mass is 10.2.